The first-order valence-corrected chi connectivity index (χ1v) is 5.96. The van der Waals surface area contributed by atoms with Crippen molar-refractivity contribution in [3.05, 3.63) is 56.6 Å². The predicted octanol–water partition coefficient (Wildman–Crippen LogP) is 2.94. The van der Waals surface area contributed by atoms with Crippen LogP contribution in [0.5, 0.6) is 0 Å². The summed E-state index contributed by atoms with van der Waals surface area (Å²) >= 11 is 11.4. The Hall–Kier alpha value is -2.25. The largest absolute Gasteiger partial charge is 0.321 e. The first-order chi connectivity index (χ1) is 9.47. The summed E-state index contributed by atoms with van der Waals surface area (Å²) in [5.41, 5.74) is 0.0755. The van der Waals surface area contributed by atoms with E-state index < -0.39 is 10.8 Å². The highest BCUT2D eigenvalue weighted by molar-refractivity contribution is 6.33. The van der Waals surface area contributed by atoms with Crippen LogP contribution < -0.4 is 5.32 Å². The molecular weight excluding hydrogens is 307 g/mol. The maximum Gasteiger partial charge on any atom is 0.288 e. The zero-order valence-corrected chi connectivity index (χ0v) is 11.2. The highest BCUT2D eigenvalue weighted by atomic mass is 35.5. The van der Waals surface area contributed by atoms with Crippen LogP contribution >= 0.6 is 23.2 Å². The summed E-state index contributed by atoms with van der Waals surface area (Å²) in [6.07, 6.45) is 2.54. The van der Waals surface area contributed by atoms with Gasteiger partial charge in [0.25, 0.3) is 11.6 Å². The minimum atomic E-state index is -0.615. The van der Waals surface area contributed by atoms with E-state index in [1.807, 2.05) is 0 Å². The van der Waals surface area contributed by atoms with Gasteiger partial charge in [0.15, 0.2) is 0 Å². The molecule has 0 aliphatic rings. The van der Waals surface area contributed by atoms with Crippen LogP contribution in [-0.4, -0.2) is 20.8 Å². The molecule has 0 fully saturated rings. The second-order valence-corrected chi connectivity index (χ2v) is 4.40. The number of benzene rings is 1. The second kappa shape index (κ2) is 5.81. The van der Waals surface area contributed by atoms with Gasteiger partial charge in [-0.1, -0.05) is 23.2 Å². The molecule has 2 rings (SSSR count). The van der Waals surface area contributed by atoms with Gasteiger partial charge in [0.2, 0.25) is 0 Å². The van der Waals surface area contributed by atoms with Gasteiger partial charge in [-0.25, -0.2) is 4.98 Å². The molecule has 0 radical (unpaired) electrons. The fourth-order valence-corrected chi connectivity index (χ4v) is 1.78. The van der Waals surface area contributed by atoms with Crippen molar-refractivity contribution in [3.8, 4) is 0 Å². The smallest absolute Gasteiger partial charge is 0.288 e. The van der Waals surface area contributed by atoms with Gasteiger partial charge in [-0.3, -0.25) is 19.9 Å². The van der Waals surface area contributed by atoms with Crippen LogP contribution in [0.2, 0.25) is 10.2 Å². The third-order valence-electron chi connectivity index (χ3n) is 2.24. The van der Waals surface area contributed by atoms with E-state index in [2.05, 4.69) is 15.3 Å². The monoisotopic (exact) mass is 312 g/mol. The number of rotatable bonds is 3. The number of nitrogens with one attached hydrogen (secondary N) is 1. The van der Waals surface area contributed by atoms with Gasteiger partial charge in [0, 0.05) is 11.8 Å². The number of anilines is 1. The molecule has 20 heavy (non-hydrogen) atoms. The van der Waals surface area contributed by atoms with E-state index in [1.165, 1.54) is 30.6 Å². The minimum Gasteiger partial charge on any atom is -0.321 e. The number of nitrogens with zero attached hydrogens (tertiary/aromatic N) is 3. The SMILES string of the molecule is O=C(Nc1ccc([N+](=O)[O-])c(Cl)c1)c1cncc(Cl)n1. The highest BCUT2D eigenvalue weighted by Crippen LogP contribution is 2.27. The Labute approximate surface area is 122 Å². The molecule has 0 unspecified atom stereocenters. The maximum atomic E-state index is 11.8. The fraction of sp³-hybridized carbons (Fsp3) is 0. The molecule has 0 saturated heterocycles. The zero-order valence-electron chi connectivity index (χ0n) is 9.71. The zero-order chi connectivity index (χ0) is 14.7. The van der Waals surface area contributed by atoms with E-state index in [0.717, 1.165) is 0 Å². The van der Waals surface area contributed by atoms with Crippen molar-refractivity contribution in [1.82, 2.24) is 9.97 Å². The summed E-state index contributed by atoms with van der Waals surface area (Å²) < 4.78 is 0. The molecular formula is C11H6Cl2N4O3. The number of halogens is 2. The molecule has 2 aromatic rings. The third-order valence-corrected chi connectivity index (χ3v) is 2.72. The Morgan fingerprint density at radius 1 is 1.30 bits per heavy atom. The highest BCUT2D eigenvalue weighted by Gasteiger charge is 2.14. The lowest BCUT2D eigenvalue weighted by molar-refractivity contribution is -0.384. The van der Waals surface area contributed by atoms with Gasteiger partial charge >= 0.3 is 0 Å². The summed E-state index contributed by atoms with van der Waals surface area (Å²) in [4.78, 5) is 29.4. The van der Waals surface area contributed by atoms with Crippen molar-refractivity contribution < 1.29 is 9.72 Å². The van der Waals surface area contributed by atoms with E-state index in [4.69, 9.17) is 23.2 Å². The normalized spacial score (nSPS) is 10.1. The molecule has 0 aliphatic carbocycles. The lowest BCUT2D eigenvalue weighted by atomic mass is 10.2. The molecule has 1 aromatic heterocycles. The Bertz CT molecular complexity index is 693. The van der Waals surface area contributed by atoms with Crippen LogP contribution in [0.15, 0.2) is 30.6 Å². The summed E-state index contributed by atoms with van der Waals surface area (Å²) in [6, 6.07) is 3.83. The standard InChI is InChI=1S/C11H6Cl2N4O3/c12-7-3-6(1-2-9(7)17(19)20)15-11(18)8-4-14-5-10(13)16-8/h1-5H,(H,15,18). The van der Waals surface area contributed by atoms with Gasteiger partial charge in [-0.2, -0.15) is 0 Å². The van der Waals surface area contributed by atoms with Crippen LogP contribution in [0.1, 0.15) is 10.5 Å². The van der Waals surface area contributed by atoms with Gasteiger partial charge in [-0.05, 0) is 12.1 Å². The van der Waals surface area contributed by atoms with E-state index in [1.54, 1.807) is 0 Å². The number of carbonyl (C=O) groups is 1. The minimum absolute atomic E-state index is 0.0203. The van der Waals surface area contributed by atoms with Gasteiger partial charge in [0.05, 0.1) is 17.3 Å². The molecule has 9 heteroatoms. The van der Waals surface area contributed by atoms with Crippen molar-refractivity contribution in [2.24, 2.45) is 0 Å². The van der Waals surface area contributed by atoms with E-state index in [9.17, 15) is 14.9 Å². The summed E-state index contributed by atoms with van der Waals surface area (Å²) in [7, 11) is 0. The van der Waals surface area contributed by atoms with Crippen LogP contribution in [-0.2, 0) is 0 Å². The summed E-state index contributed by atoms with van der Waals surface area (Å²) in [6.45, 7) is 0. The number of nitro groups is 1. The number of hydrogen-bond donors (Lipinski definition) is 1. The van der Waals surface area contributed by atoms with Gasteiger partial charge in [0.1, 0.15) is 15.9 Å². The van der Waals surface area contributed by atoms with Crippen LogP contribution in [0.3, 0.4) is 0 Å². The second-order valence-electron chi connectivity index (χ2n) is 3.60. The van der Waals surface area contributed by atoms with Gasteiger partial charge in [-0.15, -0.1) is 0 Å². The van der Waals surface area contributed by atoms with Crippen LogP contribution in [0.4, 0.5) is 11.4 Å². The first kappa shape index (κ1) is 14.2. The molecule has 1 N–H and O–H groups in total. The molecule has 0 aliphatic heterocycles. The third kappa shape index (κ3) is 3.19. The lowest BCUT2D eigenvalue weighted by Crippen LogP contribution is -2.14. The average molecular weight is 313 g/mol. The van der Waals surface area contributed by atoms with Crippen LogP contribution in [0, 0.1) is 10.1 Å². The number of aromatic nitrogens is 2. The van der Waals surface area contributed by atoms with Gasteiger partial charge < -0.3 is 5.32 Å². The molecule has 102 valence electrons. The molecule has 1 aromatic carbocycles. The van der Waals surface area contributed by atoms with Crippen molar-refractivity contribution in [2.45, 2.75) is 0 Å². The maximum absolute atomic E-state index is 11.8. The Balaban J connectivity index is 2.20. The van der Waals surface area contributed by atoms with E-state index in [-0.39, 0.29) is 21.6 Å². The summed E-state index contributed by atoms with van der Waals surface area (Å²) in [5.74, 6) is -0.551. The first-order valence-electron chi connectivity index (χ1n) is 5.20. The molecule has 7 nitrogen and oxygen atoms in total. The lowest BCUT2D eigenvalue weighted by Gasteiger charge is -2.05. The van der Waals surface area contributed by atoms with Crippen molar-refractivity contribution >= 4 is 40.5 Å². The van der Waals surface area contributed by atoms with Crippen LogP contribution in [0.25, 0.3) is 0 Å². The van der Waals surface area contributed by atoms with Crippen molar-refractivity contribution in [2.75, 3.05) is 5.32 Å². The number of nitro benzene ring substituents is 1. The Morgan fingerprint density at radius 2 is 2.05 bits per heavy atom. The number of amides is 1. The number of hydrogen-bond acceptors (Lipinski definition) is 5. The van der Waals surface area contributed by atoms with Crippen molar-refractivity contribution in [1.29, 1.82) is 0 Å². The molecule has 0 bridgehead atoms. The van der Waals surface area contributed by atoms with Crippen molar-refractivity contribution in [3.63, 3.8) is 0 Å². The molecule has 0 spiro atoms. The average Bonchev–Trinajstić information content (AvgIpc) is 2.38. The topological polar surface area (TPSA) is 98.0 Å². The van der Waals surface area contributed by atoms with E-state index in [0.29, 0.717) is 5.69 Å². The summed E-state index contributed by atoms with van der Waals surface area (Å²) in [5, 5.41) is 13.1. The fourth-order valence-electron chi connectivity index (χ4n) is 1.38. The molecule has 0 atom stereocenters. The molecule has 1 heterocycles. The quantitative estimate of drug-likeness (QED) is 0.694. The Kier molecular flexibility index (Phi) is 4.11. The Morgan fingerprint density at radius 3 is 2.65 bits per heavy atom. The van der Waals surface area contributed by atoms with E-state index >= 15 is 0 Å². The molecule has 0 saturated carbocycles. The number of carbonyl (C=O) groups excluding carboxylic acids is 1. The molecule has 1 amide bonds. The predicted molar refractivity (Wildman–Crippen MR) is 73.1 cm³/mol.